The number of aromatic amines is 1. The highest BCUT2D eigenvalue weighted by molar-refractivity contribution is 6.16. The molecule has 0 amide bonds. The maximum Gasteiger partial charge on any atom is 0.216 e. The maximum absolute atomic E-state index is 5.66. The highest BCUT2D eigenvalue weighted by atomic mass is 35.5. The van der Waals surface area contributed by atoms with Crippen molar-refractivity contribution in [3.8, 4) is 17.4 Å². The van der Waals surface area contributed by atoms with Crippen molar-refractivity contribution in [2.24, 2.45) is 0 Å². The average Bonchev–Trinajstić information content (AvgIpc) is 2.78. The van der Waals surface area contributed by atoms with E-state index >= 15 is 0 Å². The van der Waals surface area contributed by atoms with Crippen molar-refractivity contribution in [2.75, 3.05) is 7.11 Å². The molecule has 5 nitrogen and oxygen atoms in total. The zero-order valence-electron chi connectivity index (χ0n) is 8.07. The molecule has 0 radical (unpaired) electrons. The van der Waals surface area contributed by atoms with Gasteiger partial charge in [0.15, 0.2) is 5.82 Å². The SMILES string of the molecule is COc1cc(-c2ncc(CCl)[nH]2)ncn1. The molecule has 0 aliphatic rings. The lowest BCUT2D eigenvalue weighted by molar-refractivity contribution is 0.397. The second-order valence-corrected chi connectivity index (χ2v) is 3.10. The minimum atomic E-state index is 0.398. The van der Waals surface area contributed by atoms with Crippen LogP contribution in [-0.4, -0.2) is 27.0 Å². The first kappa shape index (κ1) is 9.92. The molecule has 0 saturated carbocycles. The minimum Gasteiger partial charge on any atom is -0.481 e. The molecule has 2 aromatic heterocycles. The van der Waals surface area contributed by atoms with Crippen molar-refractivity contribution in [1.82, 2.24) is 19.9 Å². The molecular weight excluding hydrogens is 216 g/mol. The summed E-state index contributed by atoms with van der Waals surface area (Å²) in [6, 6.07) is 1.71. The highest BCUT2D eigenvalue weighted by Gasteiger charge is 2.05. The number of alkyl halides is 1. The Labute approximate surface area is 91.5 Å². The Kier molecular flexibility index (Phi) is 2.82. The fourth-order valence-electron chi connectivity index (χ4n) is 1.14. The molecule has 78 valence electrons. The van der Waals surface area contributed by atoms with E-state index < -0.39 is 0 Å². The van der Waals surface area contributed by atoms with Gasteiger partial charge >= 0.3 is 0 Å². The van der Waals surface area contributed by atoms with Crippen LogP contribution in [0.25, 0.3) is 11.5 Å². The number of ether oxygens (including phenoxy) is 1. The van der Waals surface area contributed by atoms with E-state index in [1.807, 2.05) is 0 Å². The predicted octanol–water partition coefficient (Wildman–Crippen LogP) is 1.61. The van der Waals surface area contributed by atoms with Gasteiger partial charge in [-0.15, -0.1) is 11.6 Å². The highest BCUT2D eigenvalue weighted by Crippen LogP contribution is 2.16. The van der Waals surface area contributed by atoms with Crippen LogP contribution in [0.4, 0.5) is 0 Å². The van der Waals surface area contributed by atoms with E-state index in [0.29, 0.717) is 23.3 Å². The molecule has 1 N–H and O–H groups in total. The summed E-state index contributed by atoms with van der Waals surface area (Å²) in [5, 5.41) is 0. The maximum atomic E-state index is 5.66. The molecule has 0 aliphatic carbocycles. The summed E-state index contributed by atoms with van der Waals surface area (Å²) >= 11 is 5.66. The Morgan fingerprint density at radius 2 is 2.27 bits per heavy atom. The van der Waals surface area contributed by atoms with Crippen molar-refractivity contribution < 1.29 is 4.74 Å². The van der Waals surface area contributed by atoms with Crippen LogP contribution in [0.15, 0.2) is 18.6 Å². The van der Waals surface area contributed by atoms with Crippen molar-refractivity contribution in [2.45, 2.75) is 5.88 Å². The zero-order chi connectivity index (χ0) is 10.7. The average molecular weight is 225 g/mol. The van der Waals surface area contributed by atoms with E-state index in [2.05, 4.69) is 19.9 Å². The molecule has 0 aliphatic heterocycles. The third-order valence-corrected chi connectivity index (χ3v) is 2.15. The lowest BCUT2D eigenvalue weighted by Gasteiger charge is -1.99. The number of nitrogens with one attached hydrogen (secondary N) is 1. The molecule has 0 fully saturated rings. The Morgan fingerprint density at radius 3 is 2.93 bits per heavy atom. The van der Waals surface area contributed by atoms with Gasteiger partial charge in [-0.25, -0.2) is 15.0 Å². The first-order chi connectivity index (χ1) is 7.33. The van der Waals surface area contributed by atoms with Crippen LogP contribution >= 0.6 is 11.6 Å². The van der Waals surface area contributed by atoms with E-state index in [1.165, 1.54) is 6.33 Å². The van der Waals surface area contributed by atoms with Crippen molar-refractivity contribution >= 4 is 11.6 Å². The molecule has 0 unspecified atom stereocenters. The molecule has 2 heterocycles. The van der Waals surface area contributed by atoms with E-state index in [0.717, 1.165) is 5.69 Å². The zero-order valence-corrected chi connectivity index (χ0v) is 8.82. The summed E-state index contributed by atoms with van der Waals surface area (Å²) in [6.45, 7) is 0. The first-order valence-electron chi connectivity index (χ1n) is 4.29. The molecule has 2 aromatic rings. The fraction of sp³-hybridized carbons (Fsp3) is 0.222. The quantitative estimate of drug-likeness (QED) is 0.805. The van der Waals surface area contributed by atoms with Crippen molar-refractivity contribution in [3.05, 3.63) is 24.3 Å². The summed E-state index contributed by atoms with van der Waals surface area (Å²) in [5.74, 6) is 1.56. The van der Waals surface area contributed by atoms with Crippen LogP contribution < -0.4 is 4.74 Å². The van der Waals surface area contributed by atoms with Gasteiger partial charge in [0.25, 0.3) is 0 Å². The molecule has 0 bridgehead atoms. The first-order valence-corrected chi connectivity index (χ1v) is 4.83. The number of halogens is 1. The molecule has 6 heteroatoms. The molecule has 0 aromatic carbocycles. The Bertz CT molecular complexity index is 457. The van der Waals surface area contributed by atoms with E-state index in [1.54, 1.807) is 19.4 Å². The smallest absolute Gasteiger partial charge is 0.216 e. The van der Waals surface area contributed by atoms with E-state index in [4.69, 9.17) is 16.3 Å². The predicted molar refractivity (Wildman–Crippen MR) is 55.7 cm³/mol. The number of rotatable bonds is 3. The fourth-order valence-corrected chi connectivity index (χ4v) is 1.27. The number of nitrogens with zero attached hydrogens (tertiary/aromatic N) is 3. The molecule has 2 rings (SSSR count). The van der Waals surface area contributed by atoms with Crippen molar-refractivity contribution in [3.63, 3.8) is 0 Å². The van der Waals surface area contributed by atoms with Gasteiger partial charge < -0.3 is 9.72 Å². The van der Waals surface area contributed by atoms with Gasteiger partial charge in [0.2, 0.25) is 5.88 Å². The normalized spacial score (nSPS) is 10.3. The van der Waals surface area contributed by atoms with Crippen molar-refractivity contribution in [1.29, 1.82) is 0 Å². The van der Waals surface area contributed by atoms with Gasteiger partial charge in [-0.05, 0) is 0 Å². The summed E-state index contributed by atoms with van der Waals surface area (Å²) in [5.41, 5.74) is 1.53. The van der Waals surface area contributed by atoms with Crippen LogP contribution in [0.3, 0.4) is 0 Å². The number of methoxy groups -OCH3 is 1. The van der Waals surface area contributed by atoms with E-state index in [-0.39, 0.29) is 0 Å². The second-order valence-electron chi connectivity index (χ2n) is 2.84. The second kappa shape index (κ2) is 4.27. The molecule has 0 saturated heterocycles. The van der Waals surface area contributed by atoms with Gasteiger partial charge in [-0.3, -0.25) is 0 Å². The standard InChI is InChI=1S/C9H9ClN4O/c1-15-8-2-7(12-5-13-8)9-11-4-6(3-10)14-9/h2,4-5H,3H2,1H3,(H,11,14). The monoisotopic (exact) mass is 224 g/mol. The minimum absolute atomic E-state index is 0.398. The van der Waals surface area contributed by atoms with Gasteiger partial charge in [0.05, 0.1) is 13.0 Å². The number of imidazole rings is 1. The Hall–Kier alpha value is -1.62. The summed E-state index contributed by atoms with van der Waals surface area (Å²) in [7, 11) is 1.55. The van der Waals surface area contributed by atoms with Gasteiger partial charge in [-0.1, -0.05) is 0 Å². The van der Waals surface area contributed by atoms with Crippen LogP contribution in [0.2, 0.25) is 0 Å². The van der Waals surface area contributed by atoms with Crippen LogP contribution in [-0.2, 0) is 5.88 Å². The van der Waals surface area contributed by atoms with Gasteiger partial charge in [0.1, 0.15) is 12.0 Å². The number of hydrogen-bond donors (Lipinski definition) is 1. The molecular formula is C9H9ClN4O. The topological polar surface area (TPSA) is 63.7 Å². The summed E-state index contributed by atoms with van der Waals surface area (Å²) in [4.78, 5) is 15.2. The Balaban J connectivity index is 2.35. The van der Waals surface area contributed by atoms with Crippen LogP contribution in [0, 0.1) is 0 Å². The summed E-state index contributed by atoms with van der Waals surface area (Å²) in [6.07, 6.45) is 3.11. The van der Waals surface area contributed by atoms with Gasteiger partial charge in [0, 0.05) is 18.0 Å². The van der Waals surface area contributed by atoms with Gasteiger partial charge in [-0.2, -0.15) is 0 Å². The lowest BCUT2D eigenvalue weighted by Crippen LogP contribution is -1.91. The number of hydrogen-bond acceptors (Lipinski definition) is 4. The van der Waals surface area contributed by atoms with Crippen LogP contribution in [0.5, 0.6) is 5.88 Å². The molecule has 0 spiro atoms. The number of H-pyrrole nitrogens is 1. The largest absolute Gasteiger partial charge is 0.481 e. The molecule has 0 atom stereocenters. The lowest BCUT2D eigenvalue weighted by atomic mass is 10.4. The molecule has 15 heavy (non-hydrogen) atoms. The van der Waals surface area contributed by atoms with E-state index in [9.17, 15) is 0 Å². The Morgan fingerprint density at radius 1 is 1.40 bits per heavy atom. The third-order valence-electron chi connectivity index (χ3n) is 1.87. The van der Waals surface area contributed by atoms with Crippen LogP contribution in [0.1, 0.15) is 5.69 Å². The summed E-state index contributed by atoms with van der Waals surface area (Å²) < 4.78 is 4.99. The third kappa shape index (κ3) is 2.07. The number of aromatic nitrogens is 4.